The molecule has 0 amide bonds. The number of benzene rings is 1. The zero-order valence-corrected chi connectivity index (χ0v) is 20.3. The van der Waals surface area contributed by atoms with Crippen LogP contribution in [0.4, 0.5) is 5.82 Å². The lowest BCUT2D eigenvalue weighted by molar-refractivity contribution is 0.286. The molecule has 0 fully saturated rings. The minimum Gasteiger partial charge on any atom is -0.468 e. The highest BCUT2D eigenvalue weighted by Crippen LogP contribution is 2.26. The second-order valence-electron chi connectivity index (χ2n) is 7.40. The number of imidazole rings is 1. The smallest absolute Gasteiger partial charge is 0.320 e. The summed E-state index contributed by atoms with van der Waals surface area (Å²) in [5.74, 6) is 0.471. The molecule has 0 aliphatic heterocycles. The number of nitrogens with two attached hydrogens (primary N) is 1. The molecule has 0 saturated carbocycles. The molecule has 3 aromatic rings. The highest BCUT2D eigenvalue weighted by atomic mass is 35.5. The van der Waals surface area contributed by atoms with Crippen molar-refractivity contribution in [3.05, 3.63) is 29.8 Å². The van der Waals surface area contributed by atoms with E-state index in [0.717, 1.165) is 18.4 Å². The van der Waals surface area contributed by atoms with Gasteiger partial charge in [-0.3, -0.25) is 4.57 Å². The molecule has 0 atom stereocenters. The van der Waals surface area contributed by atoms with E-state index in [0.29, 0.717) is 43.2 Å². The zero-order valence-electron chi connectivity index (χ0n) is 18.8. The number of hydrogen-bond donors (Lipinski definition) is 2. The first-order chi connectivity index (χ1) is 15.9. The maximum atomic E-state index is 12.5. The second-order valence-corrected chi connectivity index (χ2v) is 9.44. The summed E-state index contributed by atoms with van der Waals surface area (Å²) in [4.78, 5) is 13.2. The number of alkyl halides is 1. The first-order valence-corrected chi connectivity index (χ1v) is 12.8. The van der Waals surface area contributed by atoms with E-state index < -0.39 is 10.0 Å². The molecule has 10 nitrogen and oxygen atoms in total. The normalized spacial score (nSPS) is 11.7. The quantitative estimate of drug-likeness (QED) is 0.272. The molecule has 0 saturated heterocycles. The van der Waals surface area contributed by atoms with Crippen LogP contribution < -0.4 is 19.9 Å². The predicted molar refractivity (Wildman–Crippen MR) is 127 cm³/mol. The average molecular weight is 497 g/mol. The summed E-state index contributed by atoms with van der Waals surface area (Å²) < 4.78 is 40.4. The van der Waals surface area contributed by atoms with Crippen molar-refractivity contribution in [3.63, 3.8) is 0 Å². The maximum absolute atomic E-state index is 12.5. The number of hydrogen-bond acceptors (Lipinski definition) is 8. The van der Waals surface area contributed by atoms with Gasteiger partial charge >= 0.3 is 6.01 Å². The summed E-state index contributed by atoms with van der Waals surface area (Å²) in [5.41, 5.74) is 7.76. The number of rotatable bonds is 13. The number of anilines is 1. The van der Waals surface area contributed by atoms with Gasteiger partial charge in [0.1, 0.15) is 0 Å². The predicted octanol–water partition coefficient (Wildman–Crippen LogP) is 3.09. The number of aromatic nitrogens is 4. The van der Waals surface area contributed by atoms with E-state index in [2.05, 4.69) is 26.6 Å². The van der Waals surface area contributed by atoms with Crippen LogP contribution in [0, 0.1) is 0 Å². The van der Waals surface area contributed by atoms with Crippen LogP contribution in [0.25, 0.3) is 11.2 Å². The van der Waals surface area contributed by atoms with E-state index >= 15 is 0 Å². The number of methoxy groups -OCH3 is 1. The van der Waals surface area contributed by atoms with Crippen LogP contribution in [-0.4, -0.2) is 48.2 Å². The number of unbranched alkanes of at least 4 members (excludes halogenated alkanes) is 2. The molecular formula is C21H29ClN6O4S. The molecule has 180 valence electrons. The van der Waals surface area contributed by atoms with Gasteiger partial charge in [0.05, 0.1) is 18.6 Å². The van der Waals surface area contributed by atoms with Gasteiger partial charge in [0.2, 0.25) is 10.0 Å². The van der Waals surface area contributed by atoms with Gasteiger partial charge in [-0.1, -0.05) is 25.5 Å². The van der Waals surface area contributed by atoms with E-state index in [4.69, 9.17) is 26.8 Å². The SMILES string of the molecule is CCCCOc1nc(N)c2nc(OC)n(CCCCNS(=O)(=O)c3cccc(CCl)c3)c2n1. The Balaban J connectivity index is 1.64. The van der Waals surface area contributed by atoms with Crippen LogP contribution in [0.3, 0.4) is 0 Å². The first kappa shape index (κ1) is 25.0. The zero-order chi connectivity index (χ0) is 23.8. The summed E-state index contributed by atoms with van der Waals surface area (Å²) in [5, 5.41) is 0. The van der Waals surface area contributed by atoms with Crippen molar-refractivity contribution in [1.29, 1.82) is 0 Å². The van der Waals surface area contributed by atoms with Crippen molar-refractivity contribution in [2.45, 2.75) is 49.9 Å². The standard InChI is InChI=1S/C21H29ClN6O4S/c1-3-4-12-32-20-26-18(23)17-19(27-20)28(21(25-17)31-2)11-6-5-10-24-33(29,30)16-9-7-8-15(13-16)14-22/h7-9,13,24H,3-6,10-12,14H2,1-2H3,(H2,23,26,27). The van der Waals surface area contributed by atoms with E-state index in [9.17, 15) is 8.42 Å². The van der Waals surface area contributed by atoms with Crippen LogP contribution in [0.5, 0.6) is 12.0 Å². The summed E-state index contributed by atoms with van der Waals surface area (Å²) in [6.45, 7) is 3.36. The van der Waals surface area contributed by atoms with E-state index in [1.54, 1.807) is 28.8 Å². The molecule has 0 radical (unpaired) electrons. The third kappa shape index (κ3) is 6.24. The van der Waals surface area contributed by atoms with Gasteiger partial charge in [-0.25, -0.2) is 13.1 Å². The second kappa shape index (κ2) is 11.5. The molecular weight excluding hydrogens is 468 g/mol. The molecule has 0 aliphatic carbocycles. The van der Waals surface area contributed by atoms with Crippen LogP contribution in [0.1, 0.15) is 38.2 Å². The molecule has 0 bridgehead atoms. The minimum absolute atomic E-state index is 0.198. The minimum atomic E-state index is -3.60. The number of nitrogens with one attached hydrogen (secondary N) is 1. The van der Waals surface area contributed by atoms with Gasteiger partial charge in [0, 0.05) is 19.0 Å². The number of halogens is 1. The van der Waals surface area contributed by atoms with Crippen LogP contribution >= 0.6 is 11.6 Å². The maximum Gasteiger partial charge on any atom is 0.320 e. The molecule has 1 aromatic carbocycles. The highest BCUT2D eigenvalue weighted by molar-refractivity contribution is 7.89. The monoisotopic (exact) mass is 496 g/mol. The van der Waals surface area contributed by atoms with Gasteiger partial charge in [0.15, 0.2) is 17.0 Å². The number of nitrogens with zero attached hydrogens (tertiary/aromatic N) is 4. The summed E-state index contributed by atoms with van der Waals surface area (Å²) in [7, 11) is -2.09. The molecule has 12 heteroatoms. The van der Waals surface area contributed by atoms with E-state index in [1.165, 1.54) is 7.11 Å². The molecule has 3 N–H and O–H groups in total. The number of fused-ring (bicyclic) bond motifs is 1. The fraction of sp³-hybridized carbons (Fsp3) is 0.476. The summed E-state index contributed by atoms with van der Waals surface area (Å²) >= 11 is 5.80. The van der Waals surface area contributed by atoms with Gasteiger partial charge in [0.25, 0.3) is 6.01 Å². The van der Waals surface area contributed by atoms with Gasteiger partial charge in [-0.05, 0) is 37.0 Å². The first-order valence-electron chi connectivity index (χ1n) is 10.7. The summed E-state index contributed by atoms with van der Waals surface area (Å²) in [6.07, 6.45) is 3.13. The summed E-state index contributed by atoms with van der Waals surface area (Å²) in [6, 6.07) is 7.13. The number of ether oxygens (including phenoxy) is 2. The highest BCUT2D eigenvalue weighted by Gasteiger charge is 2.18. The third-order valence-electron chi connectivity index (χ3n) is 4.94. The Labute approximate surface area is 198 Å². The Bertz CT molecular complexity index is 1180. The Morgan fingerprint density at radius 3 is 2.73 bits per heavy atom. The Morgan fingerprint density at radius 1 is 1.18 bits per heavy atom. The Morgan fingerprint density at radius 2 is 2.00 bits per heavy atom. The molecule has 2 heterocycles. The fourth-order valence-electron chi connectivity index (χ4n) is 3.19. The van der Waals surface area contributed by atoms with Gasteiger partial charge in [-0.15, -0.1) is 11.6 Å². The van der Waals surface area contributed by atoms with Crippen LogP contribution in [0.2, 0.25) is 0 Å². The number of sulfonamides is 1. The molecule has 0 aliphatic rings. The largest absolute Gasteiger partial charge is 0.468 e. The Hall–Kier alpha value is -2.63. The lowest BCUT2D eigenvalue weighted by Gasteiger charge is -2.10. The Kier molecular flexibility index (Phi) is 8.70. The van der Waals surface area contributed by atoms with E-state index in [1.807, 2.05) is 0 Å². The van der Waals surface area contributed by atoms with Crippen molar-refractivity contribution in [2.24, 2.45) is 0 Å². The van der Waals surface area contributed by atoms with Crippen molar-refractivity contribution < 1.29 is 17.9 Å². The molecule has 3 rings (SSSR count). The lowest BCUT2D eigenvalue weighted by atomic mass is 10.2. The van der Waals surface area contributed by atoms with E-state index in [-0.39, 0.29) is 29.1 Å². The third-order valence-corrected chi connectivity index (χ3v) is 6.71. The van der Waals surface area contributed by atoms with Gasteiger partial charge in [-0.2, -0.15) is 15.0 Å². The van der Waals surface area contributed by atoms with Crippen molar-refractivity contribution in [3.8, 4) is 12.0 Å². The van der Waals surface area contributed by atoms with Crippen LogP contribution in [-0.2, 0) is 22.4 Å². The topological polar surface area (TPSA) is 134 Å². The van der Waals surface area contributed by atoms with Crippen molar-refractivity contribution in [1.82, 2.24) is 24.2 Å². The number of aryl methyl sites for hydroxylation is 1. The van der Waals surface area contributed by atoms with Crippen molar-refractivity contribution >= 4 is 38.6 Å². The van der Waals surface area contributed by atoms with Gasteiger partial charge < -0.3 is 15.2 Å². The number of nitrogen functional groups attached to an aromatic ring is 1. The van der Waals surface area contributed by atoms with Crippen molar-refractivity contribution in [2.75, 3.05) is 26.0 Å². The molecule has 0 spiro atoms. The molecule has 33 heavy (non-hydrogen) atoms. The fourth-order valence-corrected chi connectivity index (χ4v) is 4.50. The lowest BCUT2D eigenvalue weighted by Crippen LogP contribution is -2.25. The average Bonchev–Trinajstić information content (AvgIpc) is 3.17. The van der Waals surface area contributed by atoms with Crippen LogP contribution in [0.15, 0.2) is 29.2 Å². The molecule has 2 aromatic heterocycles. The molecule has 0 unspecified atom stereocenters.